The molecule has 24 heteroatoms. The van der Waals surface area contributed by atoms with Gasteiger partial charge >= 0.3 is 5.79 Å². The number of fused-ring (bicyclic) bond motifs is 10. The molecule has 5 aliphatic rings. The van der Waals surface area contributed by atoms with E-state index in [1.807, 2.05) is 0 Å². The molecule has 2 bridgehead atoms. The van der Waals surface area contributed by atoms with Gasteiger partial charge < -0.3 is 121 Å². The number of rotatable bonds is 6. The van der Waals surface area contributed by atoms with E-state index in [-0.39, 0.29) is 56.2 Å². The van der Waals surface area contributed by atoms with Crippen LogP contribution in [0.3, 0.4) is 0 Å². The van der Waals surface area contributed by atoms with E-state index < -0.39 is 193 Å². The molecular weight excluding hydrogens is 1100 g/mol. The summed E-state index contributed by atoms with van der Waals surface area (Å²) in [6.45, 7) is 0. The second-order valence-electron chi connectivity index (χ2n) is 21.2. The SMILES string of the molecule is Oc1cc(O)c2c(c1)OC1(c3ccc(O)c(O)c3)Oc3cc(O)c4c(c3C2C1O)OC(c1ccc(O)c(O)c1)C(O)C4c1c(O)cc(O)c2c1OC(c1ccc(O)c(O)c1)C(O)C2c1c(O)cc2c(c1O)CC(O)C(c1ccc(O)c(O)c1)O2. The van der Waals surface area contributed by atoms with Gasteiger partial charge in [0.2, 0.25) is 0 Å². The molecule has 11 unspecified atom stereocenters. The Bertz CT molecular complexity index is 4110. The molecular formula is C60H48O24. The summed E-state index contributed by atoms with van der Waals surface area (Å²) in [5.41, 5.74) is -2.71. The Morgan fingerprint density at radius 1 is 0.345 bits per heavy atom. The number of phenolic OH excluding ortho intramolecular Hbond substituents is 15. The first-order valence-corrected chi connectivity index (χ1v) is 25.8. The van der Waals surface area contributed by atoms with Crippen LogP contribution in [0.1, 0.15) is 97.3 Å². The highest BCUT2D eigenvalue weighted by atomic mass is 16.7. The smallest absolute Gasteiger partial charge is 0.305 e. The Balaban J connectivity index is 1.06. The largest absolute Gasteiger partial charge is 0.508 e. The molecule has 8 aromatic rings. The first-order valence-electron chi connectivity index (χ1n) is 25.8. The lowest BCUT2D eigenvalue weighted by Crippen LogP contribution is -2.57. The Kier molecular flexibility index (Phi) is 11.7. The first kappa shape index (κ1) is 52.9. The maximum Gasteiger partial charge on any atom is 0.305 e. The molecule has 0 amide bonds. The minimum Gasteiger partial charge on any atom is -0.508 e. The Labute approximate surface area is 471 Å². The number of hydrogen-bond donors (Lipinski definition) is 19. The third kappa shape index (κ3) is 7.68. The van der Waals surface area contributed by atoms with Crippen molar-refractivity contribution in [2.45, 2.75) is 72.7 Å². The summed E-state index contributed by atoms with van der Waals surface area (Å²) in [6.07, 6.45) is -12.8. The van der Waals surface area contributed by atoms with Crippen LogP contribution in [0, 0.1) is 0 Å². The Morgan fingerprint density at radius 2 is 0.774 bits per heavy atom. The number of aliphatic hydroxyl groups excluding tert-OH is 4. The first-order chi connectivity index (χ1) is 40.0. The minimum atomic E-state index is -2.43. The molecule has 432 valence electrons. The molecule has 0 spiro atoms. The maximum absolute atomic E-state index is 13.1. The van der Waals surface area contributed by atoms with Crippen LogP contribution >= 0.6 is 0 Å². The van der Waals surface area contributed by atoms with E-state index in [2.05, 4.69) is 0 Å². The van der Waals surface area contributed by atoms with Crippen molar-refractivity contribution in [1.82, 2.24) is 0 Å². The van der Waals surface area contributed by atoms with E-state index in [0.29, 0.717) is 0 Å². The topological polar surface area (TPSA) is 431 Å². The fourth-order valence-electron chi connectivity index (χ4n) is 12.5. The van der Waals surface area contributed by atoms with E-state index in [0.717, 1.165) is 78.9 Å². The third-order valence-corrected chi connectivity index (χ3v) is 16.4. The van der Waals surface area contributed by atoms with E-state index in [1.165, 1.54) is 24.3 Å². The standard InChI is InChI=1S/C60H48O24/c61-23-13-33(70)42-40(14-23)83-60(22-4-8-28(65)32(69)12-22)59(79)50(42)47-41(84-60)18-37(74)46-49(53(78)56(82-58(46)47)21-3-7-27(64)31(68)11-21)45-35(72)16-34(71)44-48(52(77)55(81-57(44)45)20-2-6-26(63)30(67)10-20)43-36(73)17-39-24(51(43)76)15-38(75)54(80-39)19-1-5-25(62)29(66)9-19/h1-14,16-18,38,48-50,52-56,59,61-79H,15H2. The van der Waals surface area contributed by atoms with Crippen molar-refractivity contribution in [2.24, 2.45) is 0 Å². The summed E-state index contributed by atoms with van der Waals surface area (Å²) in [5, 5.41) is 218. The third-order valence-electron chi connectivity index (χ3n) is 16.4. The average Bonchev–Trinajstić information content (AvgIpc) is 0.717. The average molecular weight is 1150 g/mol. The summed E-state index contributed by atoms with van der Waals surface area (Å²) in [7, 11) is 0. The van der Waals surface area contributed by atoms with E-state index in [9.17, 15) is 97.0 Å². The molecule has 11 atom stereocenters. The second-order valence-corrected chi connectivity index (χ2v) is 21.2. The maximum atomic E-state index is 13.1. The molecule has 84 heavy (non-hydrogen) atoms. The number of phenols is 15. The molecule has 8 aromatic carbocycles. The van der Waals surface area contributed by atoms with Gasteiger partial charge in [-0.1, -0.05) is 18.2 Å². The van der Waals surface area contributed by atoms with Crippen molar-refractivity contribution in [1.29, 1.82) is 0 Å². The Hall–Kier alpha value is -10.4. The summed E-state index contributed by atoms with van der Waals surface area (Å²) in [5.74, 6) is -20.0. The molecule has 5 heterocycles. The molecule has 24 nitrogen and oxygen atoms in total. The molecule has 0 saturated heterocycles. The summed E-state index contributed by atoms with van der Waals surface area (Å²) < 4.78 is 32.2. The highest BCUT2D eigenvalue weighted by molar-refractivity contribution is 5.74. The van der Waals surface area contributed by atoms with E-state index >= 15 is 0 Å². The monoisotopic (exact) mass is 1150 g/mol. The van der Waals surface area contributed by atoms with Crippen LogP contribution in [0.25, 0.3) is 0 Å². The lowest BCUT2D eigenvalue weighted by molar-refractivity contribution is -0.219. The molecule has 0 aromatic heterocycles. The molecule has 0 aliphatic carbocycles. The van der Waals surface area contributed by atoms with Crippen LogP contribution in [-0.4, -0.2) is 121 Å². The summed E-state index contributed by atoms with van der Waals surface area (Å²) in [4.78, 5) is 0. The number of aliphatic hydroxyl groups is 4. The van der Waals surface area contributed by atoms with Crippen LogP contribution in [-0.2, 0) is 12.2 Å². The zero-order chi connectivity index (χ0) is 59.4. The van der Waals surface area contributed by atoms with Crippen LogP contribution in [0.2, 0.25) is 0 Å². The van der Waals surface area contributed by atoms with E-state index in [4.69, 9.17) is 23.7 Å². The normalized spacial score (nSPS) is 25.1. The summed E-state index contributed by atoms with van der Waals surface area (Å²) in [6, 6.07) is 18.4. The lowest BCUT2D eigenvalue weighted by Gasteiger charge is -2.51. The van der Waals surface area contributed by atoms with Crippen LogP contribution in [0.5, 0.6) is 115 Å². The van der Waals surface area contributed by atoms with Crippen molar-refractivity contribution in [3.63, 3.8) is 0 Å². The lowest BCUT2D eigenvalue weighted by atomic mass is 9.71. The van der Waals surface area contributed by atoms with Gasteiger partial charge in [0.05, 0.1) is 23.9 Å². The van der Waals surface area contributed by atoms with Crippen LogP contribution in [0.4, 0.5) is 0 Å². The highest BCUT2D eigenvalue weighted by Crippen LogP contribution is 2.67. The fraction of sp³-hybridized carbons (Fsp3) is 0.200. The van der Waals surface area contributed by atoms with Gasteiger partial charge in [0.25, 0.3) is 0 Å². The quantitative estimate of drug-likeness (QED) is 0.0889. The predicted molar refractivity (Wildman–Crippen MR) is 283 cm³/mol. The zero-order valence-corrected chi connectivity index (χ0v) is 42.8. The van der Waals surface area contributed by atoms with Gasteiger partial charge in [0.1, 0.15) is 93.4 Å². The summed E-state index contributed by atoms with van der Waals surface area (Å²) >= 11 is 0. The van der Waals surface area contributed by atoms with Gasteiger partial charge in [-0.2, -0.15) is 0 Å². The molecule has 19 N–H and O–H groups in total. The molecule has 0 saturated carbocycles. The van der Waals surface area contributed by atoms with Crippen molar-refractivity contribution >= 4 is 0 Å². The van der Waals surface area contributed by atoms with Crippen LogP contribution in [0.15, 0.2) is 103 Å². The van der Waals surface area contributed by atoms with Crippen molar-refractivity contribution < 1.29 is 121 Å². The van der Waals surface area contributed by atoms with Gasteiger partial charge in [-0.15, -0.1) is 0 Å². The van der Waals surface area contributed by atoms with E-state index in [1.54, 1.807) is 0 Å². The van der Waals surface area contributed by atoms with Crippen molar-refractivity contribution in [3.8, 4) is 115 Å². The van der Waals surface area contributed by atoms with Crippen molar-refractivity contribution in [3.05, 3.63) is 164 Å². The number of benzene rings is 8. The molecule has 13 rings (SSSR count). The van der Waals surface area contributed by atoms with Gasteiger partial charge in [-0.25, -0.2) is 0 Å². The number of aromatic hydroxyl groups is 15. The predicted octanol–water partition coefficient (Wildman–Crippen LogP) is 5.69. The zero-order valence-electron chi connectivity index (χ0n) is 42.8. The highest BCUT2D eigenvalue weighted by Gasteiger charge is 2.61. The molecule has 0 radical (unpaired) electrons. The second kappa shape index (κ2) is 18.6. The molecule has 0 fully saturated rings. The Morgan fingerprint density at radius 3 is 1.30 bits per heavy atom. The number of ether oxygens (including phenoxy) is 5. The fourth-order valence-corrected chi connectivity index (χ4v) is 12.5. The number of hydrogen-bond acceptors (Lipinski definition) is 24. The van der Waals surface area contributed by atoms with Gasteiger partial charge in [-0.3, -0.25) is 0 Å². The van der Waals surface area contributed by atoms with Crippen molar-refractivity contribution in [2.75, 3.05) is 0 Å². The minimum absolute atomic E-state index is 0.0894. The van der Waals surface area contributed by atoms with Gasteiger partial charge in [0, 0.05) is 81.3 Å². The van der Waals surface area contributed by atoms with Crippen LogP contribution < -0.4 is 23.7 Å². The van der Waals surface area contributed by atoms with Gasteiger partial charge in [-0.05, 0) is 71.3 Å². The van der Waals surface area contributed by atoms with Gasteiger partial charge in [0.15, 0.2) is 58.2 Å². The molecule has 5 aliphatic heterocycles.